The summed E-state index contributed by atoms with van der Waals surface area (Å²) >= 11 is 11.5. The van der Waals surface area contributed by atoms with Gasteiger partial charge >= 0.3 is 0 Å². The molecular weight excluding hydrogens is 193 g/mol. The Balaban J connectivity index is 3.09. The van der Waals surface area contributed by atoms with E-state index in [1.165, 1.54) is 0 Å². The van der Waals surface area contributed by atoms with Crippen LogP contribution in [0.4, 0.5) is 0 Å². The molecule has 0 aliphatic heterocycles. The molecule has 1 aromatic rings. The minimum Gasteiger partial charge on any atom is -0.241 e. The fourth-order valence-electron chi connectivity index (χ4n) is 0.861. The molecule has 1 nitrogen and oxygen atoms in total. The minimum absolute atomic E-state index is 0.379. The van der Waals surface area contributed by atoms with Gasteiger partial charge in [0.15, 0.2) is 0 Å². The van der Waals surface area contributed by atoms with Gasteiger partial charge in [0.2, 0.25) is 0 Å². The summed E-state index contributed by atoms with van der Waals surface area (Å²) < 4.78 is 0. The van der Waals surface area contributed by atoms with Crippen LogP contribution in [0.5, 0.6) is 0 Å². The molecule has 64 valence electrons. The molecule has 0 bridgehead atoms. The van der Waals surface area contributed by atoms with Crippen molar-refractivity contribution in [2.75, 3.05) is 5.88 Å². The number of allylic oxidation sites excluding steroid dienone is 1. The van der Waals surface area contributed by atoms with E-state index >= 15 is 0 Å². The standard InChI is InChI=1S/C9H9Cl2N/c1-6(5-10)8-4-3-7(2)12-9(8)11/h3-4H,1,5H2,2H3. The molecule has 0 aliphatic rings. The van der Waals surface area contributed by atoms with Gasteiger partial charge in [-0.2, -0.15) is 0 Å². The number of alkyl halides is 1. The maximum atomic E-state index is 5.87. The lowest BCUT2D eigenvalue weighted by Gasteiger charge is -2.03. The van der Waals surface area contributed by atoms with Gasteiger partial charge in [-0.3, -0.25) is 0 Å². The zero-order valence-electron chi connectivity index (χ0n) is 6.77. The second-order valence-electron chi connectivity index (χ2n) is 2.53. The highest BCUT2D eigenvalue weighted by molar-refractivity contribution is 6.32. The second kappa shape index (κ2) is 3.92. The van der Waals surface area contributed by atoms with Crippen molar-refractivity contribution < 1.29 is 0 Å². The lowest BCUT2D eigenvalue weighted by molar-refractivity contribution is 1.19. The van der Waals surface area contributed by atoms with Crippen molar-refractivity contribution in [3.05, 3.63) is 35.1 Å². The number of halogens is 2. The molecule has 0 spiro atoms. The molecule has 0 unspecified atom stereocenters. The molecule has 0 aliphatic carbocycles. The first-order valence-electron chi connectivity index (χ1n) is 3.52. The van der Waals surface area contributed by atoms with Crippen LogP contribution in [0.25, 0.3) is 5.57 Å². The zero-order valence-corrected chi connectivity index (χ0v) is 8.28. The monoisotopic (exact) mass is 201 g/mol. The number of aryl methyl sites for hydroxylation is 1. The van der Waals surface area contributed by atoms with Gasteiger partial charge in [-0.1, -0.05) is 18.2 Å². The van der Waals surface area contributed by atoms with Crippen LogP contribution in [0, 0.1) is 6.92 Å². The Kier molecular flexibility index (Phi) is 3.12. The van der Waals surface area contributed by atoms with Gasteiger partial charge in [0.05, 0.1) is 0 Å². The molecule has 0 aromatic carbocycles. The Morgan fingerprint density at radius 3 is 2.75 bits per heavy atom. The lowest BCUT2D eigenvalue weighted by atomic mass is 10.1. The normalized spacial score (nSPS) is 9.92. The fraction of sp³-hybridized carbons (Fsp3) is 0.222. The van der Waals surface area contributed by atoms with Crippen molar-refractivity contribution in [2.45, 2.75) is 6.92 Å². The summed E-state index contributed by atoms with van der Waals surface area (Å²) in [6.45, 7) is 5.67. The van der Waals surface area contributed by atoms with Crippen LogP contribution in [0.2, 0.25) is 5.15 Å². The fourth-order valence-corrected chi connectivity index (χ4v) is 1.33. The molecule has 1 aromatic heterocycles. The lowest BCUT2D eigenvalue weighted by Crippen LogP contribution is -1.90. The Morgan fingerprint density at radius 2 is 2.25 bits per heavy atom. The van der Waals surface area contributed by atoms with Crippen molar-refractivity contribution in [3.8, 4) is 0 Å². The first-order valence-corrected chi connectivity index (χ1v) is 4.43. The molecule has 0 N–H and O–H groups in total. The maximum absolute atomic E-state index is 5.87. The number of nitrogens with zero attached hydrogens (tertiary/aromatic N) is 1. The van der Waals surface area contributed by atoms with Crippen molar-refractivity contribution in [1.82, 2.24) is 4.98 Å². The highest BCUT2D eigenvalue weighted by Crippen LogP contribution is 2.21. The second-order valence-corrected chi connectivity index (χ2v) is 3.15. The van der Waals surface area contributed by atoms with E-state index in [4.69, 9.17) is 23.2 Å². The van der Waals surface area contributed by atoms with E-state index in [2.05, 4.69) is 11.6 Å². The summed E-state index contributed by atoms with van der Waals surface area (Å²) in [6.07, 6.45) is 0. The van der Waals surface area contributed by atoms with Crippen molar-refractivity contribution in [1.29, 1.82) is 0 Å². The first kappa shape index (κ1) is 9.56. The van der Waals surface area contributed by atoms with Crippen LogP contribution < -0.4 is 0 Å². The van der Waals surface area contributed by atoms with Crippen LogP contribution >= 0.6 is 23.2 Å². The van der Waals surface area contributed by atoms with Gasteiger partial charge in [0.25, 0.3) is 0 Å². The van der Waals surface area contributed by atoms with Crippen LogP contribution in [0.15, 0.2) is 18.7 Å². The number of hydrogen-bond acceptors (Lipinski definition) is 1. The van der Waals surface area contributed by atoms with E-state index < -0.39 is 0 Å². The molecular formula is C9H9Cl2N. The van der Waals surface area contributed by atoms with E-state index in [0.29, 0.717) is 11.0 Å². The summed E-state index contributed by atoms with van der Waals surface area (Å²) in [5.41, 5.74) is 2.53. The summed E-state index contributed by atoms with van der Waals surface area (Å²) in [6, 6.07) is 3.77. The minimum atomic E-state index is 0.379. The third-order valence-electron chi connectivity index (χ3n) is 1.53. The number of pyridine rings is 1. The summed E-state index contributed by atoms with van der Waals surface area (Å²) in [5, 5.41) is 0.473. The van der Waals surface area contributed by atoms with E-state index in [1.807, 2.05) is 19.1 Å². The van der Waals surface area contributed by atoms with Crippen LogP contribution in [-0.4, -0.2) is 10.9 Å². The molecule has 1 heterocycles. The van der Waals surface area contributed by atoms with E-state index in [-0.39, 0.29) is 0 Å². The summed E-state index contributed by atoms with van der Waals surface area (Å²) in [7, 11) is 0. The van der Waals surface area contributed by atoms with E-state index in [0.717, 1.165) is 16.8 Å². The molecule has 1 rings (SSSR count). The van der Waals surface area contributed by atoms with Crippen LogP contribution in [0.1, 0.15) is 11.3 Å². The number of aromatic nitrogens is 1. The van der Waals surface area contributed by atoms with Gasteiger partial charge in [-0.25, -0.2) is 4.98 Å². The average Bonchev–Trinajstić information content (AvgIpc) is 2.03. The maximum Gasteiger partial charge on any atom is 0.136 e. The van der Waals surface area contributed by atoms with Gasteiger partial charge < -0.3 is 0 Å². The van der Waals surface area contributed by atoms with Gasteiger partial charge in [-0.05, 0) is 24.6 Å². The highest BCUT2D eigenvalue weighted by atomic mass is 35.5. The predicted octanol–water partition coefficient (Wildman–Crippen LogP) is 3.30. The van der Waals surface area contributed by atoms with Gasteiger partial charge in [0, 0.05) is 17.1 Å². The topological polar surface area (TPSA) is 12.9 Å². The van der Waals surface area contributed by atoms with Crippen molar-refractivity contribution >= 4 is 28.8 Å². The molecule has 0 atom stereocenters. The average molecular weight is 202 g/mol. The molecule has 12 heavy (non-hydrogen) atoms. The molecule has 0 saturated carbocycles. The quantitative estimate of drug-likeness (QED) is 0.529. The molecule has 0 amide bonds. The molecule has 0 fully saturated rings. The Morgan fingerprint density at radius 1 is 1.58 bits per heavy atom. The van der Waals surface area contributed by atoms with E-state index in [1.54, 1.807) is 0 Å². The SMILES string of the molecule is C=C(CCl)c1ccc(C)nc1Cl. The zero-order chi connectivity index (χ0) is 9.14. The Labute approximate surface area is 82.0 Å². The third kappa shape index (κ3) is 1.99. The van der Waals surface area contributed by atoms with Crippen LogP contribution in [-0.2, 0) is 0 Å². The van der Waals surface area contributed by atoms with Crippen molar-refractivity contribution in [2.24, 2.45) is 0 Å². The van der Waals surface area contributed by atoms with E-state index in [9.17, 15) is 0 Å². The Bertz CT molecular complexity index is 307. The van der Waals surface area contributed by atoms with Gasteiger partial charge in [0.1, 0.15) is 5.15 Å². The summed E-state index contributed by atoms with van der Waals surface area (Å²) in [5.74, 6) is 0.379. The highest BCUT2D eigenvalue weighted by Gasteiger charge is 2.03. The molecule has 3 heteroatoms. The van der Waals surface area contributed by atoms with Crippen LogP contribution in [0.3, 0.4) is 0 Å². The summed E-state index contributed by atoms with van der Waals surface area (Å²) in [4.78, 5) is 4.09. The molecule has 0 saturated heterocycles. The Hall–Kier alpha value is -0.530. The smallest absolute Gasteiger partial charge is 0.136 e. The number of rotatable bonds is 2. The van der Waals surface area contributed by atoms with Gasteiger partial charge in [-0.15, -0.1) is 11.6 Å². The molecule has 0 radical (unpaired) electrons. The largest absolute Gasteiger partial charge is 0.241 e. The third-order valence-corrected chi connectivity index (χ3v) is 2.14. The number of hydrogen-bond donors (Lipinski definition) is 0. The first-order chi connectivity index (χ1) is 5.65. The predicted molar refractivity (Wildman–Crippen MR) is 53.7 cm³/mol. The van der Waals surface area contributed by atoms with Crippen molar-refractivity contribution in [3.63, 3.8) is 0 Å².